The second kappa shape index (κ2) is 4.27. The van der Waals surface area contributed by atoms with Gasteiger partial charge >= 0.3 is 0 Å². The molecule has 0 saturated carbocycles. The summed E-state index contributed by atoms with van der Waals surface area (Å²) in [5, 5.41) is 15.3. The molecule has 0 aromatic carbocycles. The fraction of sp³-hybridized carbons (Fsp3) is 0. The quantitative estimate of drug-likeness (QED) is 0.363. The maximum atomic E-state index is 8.44. The van der Waals surface area contributed by atoms with Crippen molar-refractivity contribution in [3.8, 4) is 0 Å². The van der Waals surface area contributed by atoms with Gasteiger partial charge in [0.2, 0.25) is 6.16 Å². The molecule has 1 N–H and O–H groups in total. The SMILES string of the molecule is O=C([O-])O.[Na]. The Morgan fingerprint density at radius 1 is 1.80 bits per heavy atom. The molecule has 5 heavy (non-hydrogen) atoms. The van der Waals surface area contributed by atoms with Crippen LogP contribution in [0.3, 0.4) is 0 Å². The van der Waals surface area contributed by atoms with Crippen molar-refractivity contribution in [1.29, 1.82) is 0 Å². The van der Waals surface area contributed by atoms with E-state index < -0.39 is 6.16 Å². The van der Waals surface area contributed by atoms with Crippen LogP contribution >= 0.6 is 0 Å². The van der Waals surface area contributed by atoms with Crippen molar-refractivity contribution in [3.63, 3.8) is 0 Å². The second-order valence-corrected chi connectivity index (χ2v) is 0.266. The molecule has 4 heteroatoms. The second-order valence-electron chi connectivity index (χ2n) is 0.266. The minimum absolute atomic E-state index is 0. The Hall–Kier alpha value is 0.270. The zero-order chi connectivity index (χ0) is 3.58. The van der Waals surface area contributed by atoms with Gasteiger partial charge in [0.25, 0.3) is 0 Å². The maximum Gasteiger partial charge on any atom is 0.249 e. The van der Waals surface area contributed by atoms with Crippen LogP contribution in [0.5, 0.6) is 0 Å². The van der Waals surface area contributed by atoms with Crippen LogP contribution in [0.2, 0.25) is 0 Å². The van der Waals surface area contributed by atoms with Gasteiger partial charge in [0, 0.05) is 29.6 Å². The molecular weight excluding hydrogens is 83.0 g/mol. The zero-order valence-corrected chi connectivity index (χ0v) is 4.76. The molecule has 0 bridgehead atoms. The molecule has 0 aliphatic heterocycles. The first kappa shape index (κ1) is 8.99. The zero-order valence-electron chi connectivity index (χ0n) is 2.76. The van der Waals surface area contributed by atoms with Gasteiger partial charge in [-0.15, -0.1) is 0 Å². The smallest absolute Gasteiger partial charge is 0.249 e. The monoisotopic (exact) mass is 84.0 g/mol. The fourth-order valence-corrected chi connectivity index (χ4v) is 0. The van der Waals surface area contributed by atoms with E-state index in [4.69, 9.17) is 15.0 Å². The minimum Gasteiger partial charge on any atom is -0.565 e. The van der Waals surface area contributed by atoms with Gasteiger partial charge in [-0.25, -0.2) is 0 Å². The van der Waals surface area contributed by atoms with Gasteiger partial charge in [-0.05, 0) is 0 Å². The van der Waals surface area contributed by atoms with E-state index in [9.17, 15) is 0 Å². The van der Waals surface area contributed by atoms with Gasteiger partial charge in [0.1, 0.15) is 0 Å². The molecule has 0 aromatic rings. The van der Waals surface area contributed by atoms with Gasteiger partial charge in [-0.3, -0.25) is 0 Å². The summed E-state index contributed by atoms with van der Waals surface area (Å²) >= 11 is 0. The first-order chi connectivity index (χ1) is 1.73. The molecule has 0 atom stereocenters. The van der Waals surface area contributed by atoms with Crippen molar-refractivity contribution in [3.05, 3.63) is 0 Å². The first-order valence-corrected chi connectivity index (χ1v) is 0.632. The largest absolute Gasteiger partial charge is 0.565 e. The Kier molecular flexibility index (Phi) is 7.67. The molecule has 0 aliphatic carbocycles. The molecule has 0 rings (SSSR count). The van der Waals surface area contributed by atoms with Gasteiger partial charge < -0.3 is 15.0 Å². The summed E-state index contributed by atoms with van der Waals surface area (Å²) in [5.41, 5.74) is 0. The van der Waals surface area contributed by atoms with E-state index in [2.05, 4.69) is 0 Å². The molecule has 0 amide bonds. The van der Waals surface area contributed by atoms with Crippen molar-refractivity contribution in [2.45, 2.75) is 0 Å². The number of carbonyl (C=O) groups is 1. The molecule has 0 aliphatic rings. The van der Waals surface area contributed by atoms with E-state index in [0.717, 1.165) is 0 Å². The van der Waals surface area contributed by atoms with E-state index in [1.54, 1.807) is 0 Å². The summed E-state index contributed by atoms with van der Waals surface area (Å²) < 4.78 is 0. The third-order valence-corrected chi connectivity index (χ3v) is 0. The van der Waals surface area contributed by atoms with Crippen molar-refractivity contribution in [2.24, 2.45) is 0 Å². The Balaban J connectivity index is 0. The van der Waals surface area contributed by atoms with Gasteiger partial charge in [0.05, 0.1) is 0 Å². The van der Waals surface area contributed by atoms with Crippen LogP contribution < -0.4 is 5.11 Å². The molecular formula is CHNaO3-. The molecule has 0 heterocycles. The standard InChI is InChI=1S/CH2O3.Na/c2-1(3)4;/h(H2,2,3,4);/p-1. The van der Waals surface area contributed by atoms with E-state index in [1.807, 2.05) is 0 Å². The van der Waals surface area contributed by atoms with Crippen LogP contribution in [0.1, 0.15) is 0 Å². The Labute approximate surface area is 50.9 Å². The summed E-state index contributed by atoms with van der Waals surface area (Å²) in [7, 11) is 0. The van der Waals surface area contributed by atoms with Crippen molar-refractivity contribution < 1.29 is 15.0 Å². The van der Waals surface area contributed by atoms with E-state index in [-0.39, 0.29) is 29.6 Å². The van der Waals surface area contributed by atoms with Crippen LogP contribution in [-0.4, -0.2) is 40.8 Å². The molecule has 0 spiro atoms. The van der Waals surface area contributed by atoms with E-state index in [0.29, 0.717) is 0 Å². The van der Waals surface area contributed by atoms with Crippen LogP contribution in [0.25, 0.3) is 0 Å². The average Bonchev–Trinajstić information content (AvgIpc) is 0.811. The Bertz CT molecular complexity index is 29.9. The summed E-state index contributed by atoms with van der Waals surface area (Å²) in [6.07, 6.45) is -2.08. The van der Waals surface area contributed by atoms with Crippen molar-refractivity contribution in [2.75, 3.05) is 0 Å². The van der Waals surface area contributed by atoms with Crippen LogP contribution in [0, 0.1) is 0 Å². The van der Waals surface area contributed by atoms with Crippen LogP contribution in [0.4, 0.5) is 4.79 Å². The summed E-state index contributed by atoms with van der Waals surface area (Å²) in [5.74, 6) is 0. The van der Waals surface area contributed by atoms with E-state index in [1.165, 1.54) is 0 Å². The molecule has 0 aromatic heterocycles. The Morgan fingerprint density at radius 2 is 1.80 bits per heavy atom. The minimum atomic E-state index is -2.08. The third-order valence-electron chi connectivity index (χ3n) is 0. The van der Waals surface area contributed by atoms with Crippen molar-refractivity contribution in [1.82, 2.24) is 0 Å². The topological polar surface area (TPSA) is 60.4 Å². The number of hydrogen-bond donors (Lipinski definition) is 1. The summed E-state index contributed by atoms with van der Waals surface area (Å²) in [6.45, 7) is 0. The van der Waals surface area contributed by atoms with E-state index >= 15 is 0 Å². The molecule has 3 nitrogen and oxygen atoms in total. The maximum absolute atomic E-state index is 8.44. The van der Waals surface area contributed by atoms with Gasteiger partial charge in [-0.1, -0.05) is 0 Å². The molecule has 0 fully saturated rings. The van der Waals surface area contributed by atoms with Gasteiger partial charge in [-0.2, -0.15) is 0 Å². The third kappa shape index (κ3) is 302. The van der Waals surface area contributed by atoms with Crippen LogP contribution in [0.15, 0.2) is 0 Å². The average molecular weight is 84.0 g/mol. The van der Waals surface area contributed by atoms with Crippen molar-refractivity contribution >= 4 is 35.7 Å². The number of carboxylic acid groups (broad SMARTS) is 2. The summed E-state index contributed by atoms with van der Waals surface area (Å²) in [6, 6.07) is 0. The van der Waals surface area contributed by atoms with Gasteiger partial charge in [0.15, 0.2) is 0 Å². The molecule has 0 unspecified atom stereocenters. The predicted molar refractivity (Wildman–Crippen MR) is 13.8 cm³/mol. The molecule has 0 saturated heterocycles. The number of rotatable bonds is 0. The predicted octanol–water partition coefficient (Wildman–Crippen LogP) is -1.49. The summed E-state index contributed by atoms with van der Waals surface area (Å²) in [4.78, 5) is 8.44. The fourth-order valence-electron chi connectivity index (χ4n) is 0. The normalized spacial score (nSPS) is 4.80. The Morgan fingerprint density at radius 3 is 1.80 bits per heavy atom. The molecule has 25 valence electrons. The number of hydrogen-bond acceptors (Lipinski definition) is 2. The molecule has 1 radical (unpaired) electrons. The van der Waals surface area contributed by atoms with Crippen LogP contribution in [-0.2, 0) is 0 Å². The first-order valence-electron chi connectivity index (χ1n) is 0.632.